The van der Waals surface area contributed by atoms with Crippen molar-refractivity contribution in [3.8, 4) is 0 Å². The molecule has 7 heavy (non-hydrogen) atoms. The van der Waals surface area contributed by atoms with Crippen molar-refractivity contribution in [3.63, 3.8) is 0 Å². The molecular formula is C5H8N2. The summed E-state index contributed by atoms with van der Waals surface area (Å²) in [7, 11) is 0. The first-order valence-electron chi connectivity index (χ1n) is 2.28. The molecular weight excluding hydrogens is 88.1 g/mol. The van der Waals surface area contributed by atoms with E-state index in [0.29, 0.717) is 5.84 Å². The first-order chi connectivity index (χ1) is 3.30. The van der Waals surface area contributed by atoms with Crippen LogP contribution in [0.4, 0.5) is 0 Å². The van der Waals surface area contributed by atoms with Crippen LogP contribution in [-0.2, 0) is 0 Å². The van der Waals surface area contributed by atoms with E-state index in [-0.39, 0.29) is 0 Å². The van der Waals surface area contributed by atoms with E-state index >= 15 is 0 Å². The molecule has 0 spiro atoms. The average molecular weight is 96.1 g/mol. The minimum absolute atomic E-state index is 0.694. The summed E-state index contributed by atoms with van der Waals surface area (Å²) >= 11 is 0. The van der Waals surface area contributed by atoms with E-state index in [4.69, 9.17) is 5.73 Å². The van der Waals surface area contributed by atoms with Crippen LogP contribution in [0, 0.1) is 0 Å². The Morgan fingerprint density at radius 2 is 2.57 bits per heavy atom. The lowest BCUT2D eigenvalue weighted by Crippen LogP contribution is -2.09. The van der Waals surface area contributed by atoms with Crippen molar-refractivity contribution >= 4 is 5.84 Å². The Morgan fingerprint density at radius 3 is 2.71 bits per heavy atom. The first kappa shape index (κ1) is 4.37. The van der Waals surface area contributed by atoms with Crippen LogP contribution in [0.25, 0.3) is 0 Å². The maximum Gasteiger partial charge on any atom is 0.121 e. The highest BCUT2D eigenvalue weighted by atomic mass is 14.9. The van der Waals surface area contributed by atoms with E-state index in [0.717, 1.165) is 12.1 Å². The van der Waals surface area contributed by atoms with E-state index in [1.54, 1.807) is 0 Å². The molecule has 0 saturated carbocycles. The van der Waals surface area contributed by atoms with Gasteiger partial charge in [-0.15, -0.1) is 0 Å². The predicted octanol–water partition coefficient (Wildman–Crippen LogP) is 0.304. The normalized spacial score (nSPS) is 19.0. The Morgan fingerprint density at radius 1 is 1.86 bits per heavy atom. The molecule has 0 fully saturated rings. The van der Waals surface area contributed by atoms with Crippen molar-refractivity contribution in [2.45, 2.75) is 6.92 Å². The van der Waals surface area contributed by atoms with Gasteiger partial charge in [-0.25, -0.2) is 0 Å². The van der Waals surface area contributed by atoms with Gasteiger partial charge in [-0.05, 0) is 12.5 Å². The molecule has 0 aromatic carbocycles. The summed E-state index contributed by atoms with van der Waals surface area (Å²) in [5.41, 5.74) is 6.47. The molecule has 0 unspecified atom stereocenters. The molecule has 1 rings (SSSR count). The minimum atomic E-state index is 0.694. The van der Waals surface area contributed by atoms with Gasteiger partial charge in [0.15, 0.2) is 0 Å². The second-order valence-electron chi connectivity index (χ2n) is 1.61. The van der Waals surface area contributed by atoms with Gasteiger partial charge < -0.3 is 5.73 Å². The first-order valence-corrected chi connectivity index (χ1v) is 2.28. The van der Waals surface area contributed by atoms with Crippen LogP contribution in [0.2, 0.25) is 0 Å². The Kier molecular flexibility index (Phi) is 0.855. The second-order valence-corrected chi connectivity index (χ2v) is 1.61. The maximum absolute atomic E-state index is 5.36. The van der Waals surface area contributed by atoms with Crippen molar-refractivity contribution in [2.24, 2.45) is 10.7 Å². The summed E-state index contributed by atoms with van der Waals surface area (Å²) in [6.45, 7) is 2.74. The molecule has 38 valence electrons. The predicted molar refractivity (Wildman–Crippen MR) is 30.2 cm³/mol. The van der Waals surface area contributed by atoms with E-state index in [2.05, 4.69) is 4.99 Å². The van der Waals surface area contributed by atoms with Gasteiger partial charge in [0.25, 0.3) is 0 Å². The molecule has 0 aliphatic carbocycles. The van der Waals surface area contributed by atoms with E-state index in [1.807, 2.05) is 13.0 Å². The molecule has 0 aromatic heterocycles. The van der Waals surface area contributed by atoms with Gasteiger partial charge >= 0.3 is 0 Å². The molecule has 0 saturated heterocycles. The zero-order valence-corrected chi connectivity index (χ0v) is 4.31. The highest BCUT2D eigenvalue weighted by molar-refractivity contribution is 5.97. The SMILES string of the molecule is CC1=CCN=C1N. The smallest absolute Gasteiger partial charge is 0.121 e. The van der Waals surface area contributed by atoms with Crippen molar-refractivity contribution in [3.05, 3.63) is 11.6 Å². The monoisotopic (exact) mass is 96.1 g/mol. The number of nitrogens with two attached hydrogens (primary N) is 1. The molecule has 2 heteroatoms. The zero-order valence-electron chi connectivity index (χ0n) is 4.31. The van der Waals surface area contributed by atoms with E-state index in [9.17, 15) is 0 Å². The lowest BCUT2D eigenvalue weighted by atomic mass is 10.3. The van der Waals surface area contributed by atoms with Crippen molar-refractivity contribution in [2.75, 3.05) is 6.54 Å². The molecule has 1 aliphatic heterocycles. The topological polar surface area (TPSA) is 38.4 Å². The lowest BCUT2D eigenvalue weighted by Gasteiger charge is -1.86. The van der Waals surface area contributed by atoms with Crippen LogP contribution >= 0.6 is 0 Å². The summed E-state index contributed by atoms with van der Waals surface area (Å²) < 4.78 is 0. The highest BCUT2D eigenvalue weighted by Crippen LogP contribution is 1.98. The molecule has 0 bridgehead atoms. The number of hydrogen-bond donors (Lipinski definition) is 1. The van der Waals surface area contributed by atoms with Gasteiger partial charge in [-0.2, -0.15) is 0 Å². The van der Waals surface area contributed by atoms with Crippen molar-refractivity contribution < 1.29 is 0 Å². The Labute approximate surface area is 42.7 Å². The number of nitrogens with zero attached hydrogens (tertiary/aromatic N) is 1. The quantitative estimate of drug-likeness (QED) is 0.463. The summed E-state index contributed by atoms with van der Waals surface area (Å²) in [4.78, 5) is 3.92. The number of rotatable bonds is 0. The van der Waals surface area contributed by atoms with Gasteiger partial charge in [0.1, 0.15) is 5.84 Å². The van der Waals surface area contributed by atoms with Gasteiger partial charge in [0.2, 0.25) is 0 Å². The molecule has 0 amide bonds. The van der Waals surface area contributed by atoms with Crippen molar-refractivity contribution in [1.82, 2.24) is 0 Å². The molecule has 0 aromatic rings. The van der Waals surface area contributed by atoms with Gasteiger partial charge in [0, 0.05) is 0 Å². The van der Waals surface area contributed by atoms with Crippen LogP contribution in [-0.4, -0.2) is 12.4 Å². The number of hydrogen-bond acceptors (Lipinski definition) is 2. The third kappa shape index (κ3) is 0.633. The highest BCUT2D eigenvalue weighted by Gasteiger charge is 1.98. The third-order valence-corrected chi connectivity index (χ3v) is 1.06. The molecule has 1 heterocycles. The molecule has 1 aliphatic rings. The number of amidine groups is 1. The Balaban J connectivity index is 2.78. The summed E-state index contributed by atoms with van der Waals surface area (Å²) in [6, 6.07) is 0. The van der Waals surface area contributed by atoms with Gasteiger partial charge in [0.05, 0.1) is 6.54 Å². The fraction of sp³-hybridized carbons (Fsp3) is 0.400. The third-order valence-electron chi connectivity index (χ3n) is 1.06. The summed E-state index contributed by atoms with van der Waals surface area (Å²) in [5, 5.41) is 0. The van der Waals surface area contributed by atoms with Crippen LogP contribution < -0.4 is 5.73 Å². The van der Waals surface area contributed by atoms with Crippen LogP contribution in [0.15, 0.2) is 16.6 Å². The number of aliphatic imine (C=N–C) groups is 1. The summed E-state index contributed by atoms with van der Waals surface area (Å²) in [6.07, 6.45) is 2.01. The maximum atomic E-state index is 5.36. The molecule has 0 atom stereocenters. The fourth-order valence-corrected chi connectivity index (χ4v) is 0.510. The van der Waals surface area contributed by atoms with Crippen molar-refractivity contribution in [1.29, 1.82) is 0 Å². The Bertz CT molecular complexity index is 117. The Hall–Kier alpha value is -0.790. The molecule has 2 nitrogen and oxygen atoms in total. The van der Waals surface area contributed by atoms with Crippen LogP contribution in [0.5, 0.6) is 0 Å². The van der Waals surface area contributed by atoms with Gasteiger partial charge in [-0.1, -0.05) is 6.08 Å². The molecule has 2 N–H and O–H groups in total. The average Bonchev–Trinajstić information content (AvgIpc) is 1.91. The lowest BCUT2D eigenvalue weighted by molar-refractivity contribution is 1.27. The van der Waals surface area contributed by atoms with E-state index < -0.39 is 0 Å². The second kappa shape index (κ2) is 1.37. The van der Waals surface area contributed by atoms with Gasteiger partial charge in [-0.3, -0.25) is 4.99 Å². The fourth-order valence-electron chi connectivity index (χ4n) is 0.510. The largest absolute Gasteiger partial charge is 0.384 e. The minimum Gasteiger partial charge on any atom is -0.384 e. The van der Waals surface area contributed by atoms with Crippen LogP contribution in [0.1, 0.15) is 6.92 Å². The summed E-state index contributed by atoms with van der Waals surface area (Å²) in [5.74, 6) is 0.694. The molecule has 0 radical (unpaired) electrons. The van der Waals surface area contributed by atoms with E-state index in [1.165, 1.54) is 0 Å². The zero-order chi connectivity index (χ0) is 5.28. The van der Waals surface area contributed by atoms with Crippen LogP contribution in [0.3, 0.4) is 0 Å². The standard InChI is InChI=1S/C5H8N2/c1-4-2-3-7-5(4)6/h2H,3H2,1H3,(H2,6,7).